The molecule has 0 saturated heterocycles. The normalized spacial score (nSPS) is 13.4. The van der Waals surface area contributed by atoms with E-state index in [-0.39, 0.29) is 11.7 Å². The Balaban J connectivity index is 1.65. The van der Waals surface area contributed by atoms with E-state index in [1.807, 2.05) is 12.1 Å². The Kier molecular flexibility index (Phi) is 3.82. The molecule has 0 aliphatic heterocycles. The Morgan fingerprint density at radius 1 is 1.05 bits per heavy atom. The summed E-state index contributed by atoms with van der Waals surface area (Å²) in [5.74, 6) is -0.466. The third kappa shape index (κ3) is 3.37. The number of benzene rings is 2. The largest absolute Gasteiger partial charge is 0.323 e. The van der Waals surface area contributed by atoms with Crippen molar-refractivity contribution in [1.82, 2.24) is 0 Å². The monoisotopic (exact) mass is 281 g/mol. The molecule has 2 aromatic carbocycles. The molecule has 3 rings (SSSR count). The van der Waals surface area contributed by atoms with E-state index in [4.69, 9.17) is 0 Å². The lowest BCUT2D eigenvalue weighted by atomic mass is 10.1. The zero-order chi connectivity index (χ0) is 14.7. The molecule has 0 saturated carbocycles. The maximum Gasteiger partial charge on any atom is 0.248 e. The van der Waals surface area contributed by atoms with Gasteiger partial charge in [-0.2, -0.15) is 0 Å². The van der Waals surface area contributed by atoms with E-state index in [0.717, 1.165) is 24.1 Å². The van der Waals surface area contributed by atoms with Crippen molar-refractivity contribution in [3.63, 3.8) is 0 Å². The molecule has 1 amide bonds. The van der Waals surface area contributed by atoms with Crippen molar-refractivity contribution < 1.29 is 9.18 Å². The fourth-order valence-electron chi connectivity index (χ4n) is 2.58. The van der Waals surface area contributed by atoms with Gasteiger partial charge in [0.05, 0.1) is 0 Å². The summed E-state index contributed by atoms with van der Waals surface area (Å²) < 4.78 is 12.8. The number of hydrogen-bond donors (Lipinski definition) is 1. The van der Waals surface area contributed by atoms with Gasteiger partial charge < -0.3 is 5.32 Å². The average molecular weight is 281 g/mol. The van der Waals surface area contributed by atoms with Crippen LogP contribution in [0.25, 0.3) is 6.08 Å². The van der Waals surface area contributed by atoms with Crippen molar-refractivity contribution in [3.8, 4) is 0 Å². The van der Waals surface area contributed by atoms with E-state index < -0.39 is 0 Å². The zero-order valence-corrected chi connectivity index (χ0v) is 11.6. The van der Waals surface area contributed by atoms with Crippen LogP contribution in [0.5, 0.6) is 0 Å². The number of nitrogens with one attached hydrogen (secondary N) is 1. The summed E-state index contributed by atoms with van der Waals surface area (Å²) in [6.45, 7) is 0. The average Bonchev–Trinajstić information content (AvgIpc) is 2.94. The van der Waals surface area contributed by atoms with Gasteiger partial charge in [-0.15, -0.1) is 0 Å². The molecule has 3 heteroatoms. The fourth-order valence-corrected chi connectivity index (χ4v) is 2.58. The van der Waals surface area contributed by atoms with Gasteiger partial charge in [0, 0.05) is 11.8 Å². The molecule has 0 atom stereocenters. The van der Waals surface area contributed by atoms with Gasteiger partial charge in [-0.25, -0.2) is 4.39 Å². The summed E-state index contributed by atoms with van der Waals surface area (Å²) in [5.41, 5.74) is 4.33. The van der Waals surface area contributed by atoms with Crippen LogP contribution in [0.4, 0.5) is 10.1 Å². The van der Waals surface area contributed by atoms with Gasteiger partial charge in [0.2, 0.25) is 5.91 Å². The van der Waals surface area contributed by atoms with Gasteiger partial charge >= 0.3 is 0 Å². The highest BCUT2D eigenvalue weighted by atomic mass is 19.1. The molecule has 0 radical (unpaired) electrons. The third-order valence-corrected chi connectivity index (χ3v) is 3.66. The van der Waals surface area contributed by atoms with Crippen LogP contribution < -0.4 is 5.32 Å². The summed E-state index contributed by atoms with van der Waals surface area (Å²) in [6.07, 6.45) is 6.54. The van der Waals surface area contributed by atoms with Gasteiger partial charge in [-0.3, -0.25) is 4.79 Å². The number of hydrogen-bond acceptors (Lipinski definition) is 1. The van der Waals surface area contributed by atoms with Crippen LogP contribution in [0.2, 0.25) is 0 Å². The highest BCUT2D eigenvalue weighted by Crippen LogP contribution is 2.24. The van der Waals surface area contributed by atoms with Gasteiger partial charge in [0.15, 0.2) is 0 Å². The Hall–Kier alpha value is -2.42. The second kappa shape index (κ2) is 5.92. The van der Waals surface area contributed by atoms with Crippen molar-refractivity contribution >= 4 is 17.7 Å². The summed E-state index contributed by atoms with van der Waals surface area (Å²) in [4.78, 5) is 11.9. The molecular formula is C18H16FNO. The van der Waals surface area contributed by atoms with E-state index >= 15 is 0 Å². The van der Waals surface area contributed by atoms with Gasteiger partial charge in [0.1, 0.15) is 5.82 Å². The summed E-state index contributed by atoms with van der Waals surface area (Å²) in [7, 11) is 0. The topological polar surface area (TPSA) is 29.1 Å². The molecule has 2 aromatic rings. The SMILES string of the molecule is O=C(C=Cc1ccc(F)cc1)Nc1ccc2c(c1)CCC2. The van der Waals surface area contributed by atoms with Crippen molar-refractivity contribution in [2.75, 3.05) is 5.32 Å². The Morgan fingerprint density at radius 3 is 2.62 bits per heavy atom. The Bertz CT molecular complexity index is 689. The number of carbonyl (C=O) groups excluding carboxylic acids is 1. The molecule has 2 nitrogen and oxygen atoms in total. The minimum Gasteiger partial charge on any atom is -0.323 e. The number of anilines is 1. The van der Waals surface area contributed by atoms with Crippen molar-refractivity contribution in [3.05, 3.63) is 71.0 Å². The minimum atomic E-state index is -0.283. The molecule has 106 valence electrons. The number of carbonyl (C=O) groups is 1. The van der Waals surface area contributed by atoms with Crippen LogP contribution in [-0.4, -0.2) is 5.91 Å². The molecule has 0 bridgehead atoms. The number of amides is 1. The molecule has 1 N–H and O–H groups in total. The first-order chi connectivity index (χ1) is 10.2. The van der Waals surface area contributed by atoms with E-state index in [1.54, 1.807) is 18.2 Å². The lowest BCUT2D eigenvalue weighted by Gasteiger charge is -2.05. The first-order valence-electron chi connectivity index (χ1n) is 7.07. The summed E-state index contributed by atoms with van der Waals surface area (Å²) in [5, 5.41) is 2.85. The number of halogens is 1. The molecule has 1 aliphatic rings. The van der Waals surface area contributed by atoms with E-state index in [9.17, 15) is 9.18 Å². The maximum atomic E-state index is 12.8. The number of rotatable bonds is 3. The van der Waals surface area contributed by atoms with Crippen LogP contribution in [0.15, 0.2) is 48.5 Å². The zero-order valence-electron chi connectivity index (χ0n) is 11.6. The maximum absolute atomic E-state index is 12.8. The molecule has 0 aromatic heterocycles. The van der Waals surface area contributed by atoms with Crippen LogP contribution >= 0.6 is 0 Å². The Morgan fingerprint density at radius 2 is 1.81 bits per heavy atom. The second-order valence-corrected chi connectivity index (χ2v) is 5.21. The van der Waals surface area contributed by atoms with Gasteiger partial charge in [-0.1, -0.05) is 18.2 Å². The summed E-state index contributed by atoms with van der Waals surface area (Å²) >= 11 is 0. The van der Waals surface area contributed by atoms with Crippen LogP contribution in [0, 0.1) is 5.82 Å². The molecular weight excluding hydrogens is 265 g/mol. The van der Waals surface area contributed by atoms with Crippen molar-refractivity contribution in [1.29, 1.82) is 0 Å². The first kappa shape index (κ1) is 13.6. The van der Waals surface area contributed by atoms with Gasteiger partial charge in [-0.05, 0) is 66.3 Å². The van der Waals surface area contributed by atoms with Crippen LogP contribution in [0.3, 0.4) is 0 Å². The molecule has 0 unspecified atom stereocenters. The molecule has 0 heterocycles. The van der Waals surface area contributed by atoms with Crippen molar-refractivity contribution in [2.45, 2.75) is 19.3 Å². The molecule has 0 spiro atoms. The van der Waals surface area contributed by atoms with E-state index in [0.29, 0.717) is 0 Å². The Labute approximate surface area is 123 Å². The number of fused-ring (bicyclic) bond motifs is 1. The lowest BCUT2D eigenvalue weighted by Crippen LogP contribution is -2.08. The highest BCUT2D eigenvalue weighted by molar-refractivity contribution is 6.02. The van der Waals surface area contributed by atoms with Crippen molar-refractivity contribution in [2.24, 2.45) is 0 Å². The predicted molar refractivity (Wildman–Crippen MR) is 82.5 cm³/mol. The minimum absolute atomic E-state index is 0.183. The van der Waals surface area contributed by atoms with E-state index in [1.165, 1.54) is 35.8 Å². The van der Waals surface area contributed by atoms with Gasteiger partial charge in [0.25, 0.3) is 0 Å². The standard InChI is InChI=1S/C18H16FNO/c19-16-8-4-13(5-9-16)6-11-18(21)20-17-10-7-14-2-1-3-15(14)12-17/h4-12H,1-3H2,(H,20,21). The second-order valence-electron chi connectivity index (χ2n) is 5.21. The summed E-state index contributed by atoms with van der Waals surface area (Å²) in [6, 6.07) is 12.1. The van der Waals surface area contributed by atoms with Crippen LogP contribution in [-0.2, 0) is 17.6 Å². The molecule has 1 aliphatic carbocycles. The van der Waals surface area contributed by atoms with E-state index in [2.05, 4.69) is 11.4 Å². The molecule has 21 heavy (non-hydrogen) atoms. The number of aryl methyl sites for hydroxylation is 2. The first-order valence-corrected chi connectivity index (χ1v) is 7.07. The lowest BCUT2D eigenvalue weighted by molar-refractivity contribution is -0.111. The highest BCUT2D eigenvalue weighted by Gasteiger charge is 2.11. The smallest absolute Gasteiger partial charge is 0.248 e. The quantitative estimate of drug-likeness (QED) is 0.847. The molecule has 0 fully saturated rings. The fraction of sp³-hybridized carbons (Fsp3) is 0.167. The van der Waals surface area contributed by atoms with Crippen LogP contribution in [0.1, 0.15) is 23.1 Å². The predicted octanol–water partition coefficient (Wildman–Crippen LogP) is 3.97. The third-order valence-electron chi connectivity index (χ3n) is 3.66.